The second-order valence-electron chi connectivity index (χ2n) is 6.78. The van der Waals surface area contributed by atoms with Crippen molar-refractivity contribution < 1.29 is 9.53 Å². The molecule has 0 aromatic heterocycles. The molecule has 2 aromatic carbocycles. The monoisotopic (exact) mass is 348 g/mol. The standard InChI is InChI=1S/C22H24N2O2/c23-15-18-7-5-17(6-8-18)13-14-24-22(25)26-16-19-9-11-21(12-10-19)20-3-1-2-4-20/h5-12,20H,1-4,13-14,16H2,(H,24,25). The van der Waals surface area contributed by atoms with E-state index < -0.39 is 6.09 Å². The molecule has 0 atom stereocenters. The van der Waals surface area contributed by atoms with E-state index in [9.17, 15) is 4.79 Å². The van der Waals surface area contributed by atoms with Crippen molar-refractivity contribution in [2.75, 3.05) is 6.54 Å². The van der Waals surface area contributed by atoms with Crippen LogP contribution in [-0.2, 0) is 17.8 Å². The number of nitrogens with one attached hydrogen (secondary N) is 1. The zero-order valence-electron chi connectivity index (χ0n) is 14.9. The van der Waals surface area contributed by atoms with Gasteiger partial charge in [-0.2, -0.15) is 5.26 Å². The van der Waals surface area contributed by atoms with Gasteiger partial charge in [0, 0.05) is 6.54 Å². The molecule has 1 fully saturated rings. The fourth-order valence-electron chi connectivity index (χ4n) is 3.40. The van der Waals surface area contributed by atoms with E-state index in [0.717, 1.165) is 11.1 Å². The summed E-state index contributed by atoms with van der Waals surface area (Å²) in [6.45, 7) is 0.791. The van der Waals surface area contributed by atoms with E-state index in [-0.39, 0.29) is 6.61 Å². The van der Waals surface area contributed by atoms with Gasteiger partial charge in [0.05, 0.1) is 11.6 Å². The number of hydrogen-bond donors (Lipinski definition) is 1. The Morgan fingerprint density at radius 3 is 2.35 bits per heavy atom. The molecule has 0 saturated heterocycles. The lowest BCUT2D eigenvalue weighted by atomic mass is 9.97. The number of alkyl carbamates (subject to hydrolysis) is 1. The first-order valence-corrected chi connectivity index (χ1v) is 9.23. The number of carbonyl (C=O) groups excluding carboxylic acids is 1. The van der Waals surface area contributed by atoms with E-state index >= 15 is 0 Å². The van der Waals surface area contributed by atoms with Crippen LogP contribution in [0.5, 0.6) is 0 Å². The van der Waals surface area contributed by atoms with E-state index in [4.69, 9.17) is 10.00 Å². The van der Waals surface area contributed by atoms with Crippen LogP contribution in [0.1, 0.15) is 53.9 Å². The van der Waals surface area contributed by atoms with Gasteiger partial charge in [0.1, 0.15) is 6.61 Å². The normalized spacial score (nSPS) is 14.0. The van der Waals surface area contributed by atoms with Gasteiger partial charge in [0.15, 0.2) is 0 Å². The van der Waals surface area contributed by atoms with Crippen molar-refractivity contribution in [1.29, 1.82) is 5.26 Å². The highest BCUT2D eigenvalue weighted by Gasteiger charge is 2.16. The van der Waals surface area contributed by atoms with Gasteiger partial charge in [0.25, 0.3) is 0 Å². The fourth-order valence-corrected chi connectivity index (χ4v) is 3.40. The number of amides is 1. The molecule has 0 heterocycles. The lowest BCUT2D eigenvalue weighted by Crippen LogP contribution is -2.26. The molecule has 0 unspecified atom stereocenters. The first kappa shape index (κ1) is 18.0. The number of hydrogen-bond acceptors (Lipinski definition) is 3. The Kier molecular flexibility index (Phi) is 6.27. The minimum absolute atomic E-state index is 0.285. The molecule has 0 spiro atoms. The molecular weight excluding hydrogens is 324 g/mol. The Labute approximate surface area is 154 Å². The highest BCUT2D eigenvalue weighted by Crippen LogP contribution is 2.33. The molecular formula is C22H24N2O2. The number of rotatable bonds is 6. The smallest absolute Gasteiger partial charge is 0.407 e. The first-order valence-electron chi connectivity index (χ1n) is 9.23. The van der Waals surface area contributed by atoms with E-state index in [1.54, 1.807) is 12.1 Å². The molecule has 0 radical (unpaired) electrons. The Balaban J connectivity index is 1.37. The van der Waals surface area contributed by atoms with Crippen LogP contribution in [0.2, 0.25) is 0 Å². The molecule has 1 N–H and O–H groups in total. The maximum atomic E-state index is 11.8. The average Bonchev–Trinajstić information content (AvgIpc) is 3.22. The van der Waals surface area contributed by atoms with Crippen LogP contribution in [0, 0.1) is 11.3 Å². The van der Waals surface area contributed by atoms with Gasteiger partial charge < -0.3 is 10.1 Å². The van der Waals surface area contributed by atoms with Gasteiger partial charge in [-0.25, -0.2) is 4.79 Å². The van der Waals surface area contributed by atoms with Gasteiger partial charge in [-0.05, 0) is 54.0 Å². The summed E-state index contributed by atoms with van der Waals surface area (Å²) < 4.78 is 5.27. The number of nitriles is 1. The molecule has 26 heavy (non-hydrogen) atoms. The summed E-state index contributed by atoms with van der Waals surface area (Å²) >= 11 is 0. The highest BCUT2D eigenvalue weighted by molar-refractivity contribution is 5.67. The summed E-state index contributed by atoms with van der Waals surface area (Å²) in [6, 6.07) is 17.9. The largest absolute Gasteiger partial charge is 0.445 e. The van der Waals surface area contributed by atoms with Gasteiger partial charge >= 0.3 is 6.09 Å². The Hall–Kier alpha value is -2.80. The van der Waals surface area contributed by atoms with Gasteiger partial charge in [-0.3, -0.25) is 0 Å². The summed E-state index contributed by atoms with van der Waals surface area (Å²) in [7, 11) is 0. The minimum atomic E-state index is -0.404. The fraction of sp³-hybridized carbons (Fsp3) is 0.364. The average molecular weight is 348 g/mol. The van der Waals surface area contributed by atoms with Crippen molar-refractivity contribution in [3.05, 3.63) is 70.8 Å². The maximum Gasteiger partial charge on any atom is 0.407 e. The topological polar surface area (TPSA) is 62.1 Å². The molecule has 4 heteroatoms. The summed E-state index contributed by atoms with van der Waals surface area (Å²) in [5.74, 6) is 0.704. The molecule has 3 rings (SSSR count). The van der Waals surface area contributed by atoms with Crippen molar-refractivity contribution in [3.8, 4) is 6.07 Å². The second kappa shape index (κ2) is 9.05. The molecule has 0 bridgehead atoms. The summed E-state index contributed by atoms with van der Waals surface area (Å²) in [5.41, 5.74) is 4.12. The highest BCUT2D eigenvalue weighted by atomic mass is 16.5. The van der Waals surface area contributed by atoms with Gasteiger partial charge in [0.2, 0.25) is 0 Å². The third-order valence-corrected chi connectivity index (χ3v) is 4.94. The summed E-state index contributed by atoms with van der Waals surface area (Å²) in [4.78, 5) is 11.8. The molecule has 1 aliphatic carbocycles. The van der Waals surface area contributed by atoms with Crippen LogP contribution in [0.15, 0.2) is 48.5 Å². The van der Waals surface area contributed by atoms with Gasteiger partial charge in [-0.1, -0.05) is 49.2 Å². The van der Waals surface area contributed by atoms with Crippen LogP contribution in [0.25, 0.3) is 0 Å². The summed E-state index contributed by atoms with van der Waals surface area (Å²) in [6.07, 6.45) is 5.54. The van der Waals surface area contributed by atoms with Crippen molar-refractivity contribution in [2.24, 2.45) is 0 Å². The van der Waals surface area contributed by atoms with Crippen molar-refractivity contribution in [3.63, 3.8) is 0 Å². The number of carbonyl (C=O) groups is 1. The third kappa shape index (κ3) is 5.10. The molecule has 1 saturated carbocycles. The summed E-state index contributed by atoms with van der Waals surface area (Å²) in [5, 5.41) is 11.5. The Bertz CT molecular complexity index is 754. The quantitative estimate of drug-likeness (QED) is 0.824. The zero-order chi connectivity index (χ0) is 18.2. The van der Waals surface area contributed by atoms with E-state index in [0.29, 0.717) is 24.4 Å². The second-order valence-corrected chi connectivity index (χ2v) is 6.78. The number of nitrogens with zero attached hydrogens (tertiary/aromatic N) is 1. The SMILES string of the molecule is N#Cc1ccc(CCNC(=O)OCc2ccc(C3CCCC3)cc2)cc1. The van der Waals surface area contributed by atoms with Crippen LogP contribution in [-0.4, -0.2) is 12.6 Å². The lowest BCUT2D eigenvalue weighted by molar-refractivity contribution is 0.140. The number of ether oxygens (including phenoxy) is 1. The number of benzene rings is 2. The van der Waals surface area contributed by atoms with Crippen LogP contribution in [0.3, 0.4) is 0 Å². The first-order chi connectivity index (χ1) is 12.7. The van der Waals surface area contributed by atoms with E-state index in [1.165, 1.54) is 31.2 Å². The molecule has 2 aromatic rings. The Morgan fingerprint density at radius 1 is 1.04 bits per heavy atom. The molecule has 1 amide bonds. The van der Waals surface area contributed by atoms with Crippen molar-refractivity contribution in [1.82, 2.24) is 5.32 Å². The van der Waals surface area contributed by atoms with Crippen LogP contribution in [0.4, 0.5) is 4.79 Å². The van der Waals surface area contributed by atoms with Crippen molar-refractivity contribution >= 4 is 6.09 Å². The zero-order valence-corrected chi connectivity index (χ0v) is 14.9. The van der Waals surface area contributed by atoms with Crippen molar-refractivity contribution in [2.45, 2.75) is 44.6 Å². The third-order valence-electron chi connectivity index (χ3n) is 4.94. The minimum Gasteiger partial charge on any atom is -0.445 e. The van der Waals surface area contributed by atoms with Crippen LogP contribution < -0.4 is 5.32 Å². The molecule has 1 aliphatic rings. The molecule has 134 valence electrons. The lowest BCUT2D eigenvalue weighted by Gasteiger charge is -2.11. The Morgan fingerprint density at radius 2 is 1.69 bits per heavy atom. The maximum absolute atomic E-state index is 11.8. The predicted molar refractivity (Wildman–Crippen MR) is 101 cm³/mol. The predicted octanol–water partition coefficient (Wildman–Crippen LogP) is 4.68. The van der Waals surface area contributed by atoms with Gasteiger partial charge in [-0.15, -0.1) is 0 Å². The molecule has 0 aliphatic heterocycles. The molecule has 4 nitrogen and oxygen atoms in total. The van der Waals surface area contributed by atoms with E-state index in [2.05, 4.69) is 35.7 Å². The van der Waals surface area contributed by atoms with Crippen LogP contribution >= 0.6 is 0 Å². The van der Waals surface area contributed by atoms with E-state index in [1.807, 2.05) is 12.1 Å².